The minimum Gasteiger partial charge on any atom is -0.403 e. The van der Waals surface area contributed by atoms with Gasteiger partial charge in [-0.3, -0.25) is 18.7 Å². The standard InChI is InChI=1S/C21H16F4N4O4S2/c1-9-11(16-17(31)28(2)20(32)29(3)18(16)35-9)7-15(30)27-19-26-13(8-34-19)10-4-5-14(12(22)6-10)33-21(23,24)25/h4-6,8H,7H2,1-3H3,(H,26,27,30). The van der Waals surface area contributed by atoms with Gasteiger partial charge in [0, 0.05) is 29.9 Å². The number of carbonyl (C=O) groups excluding carboxylic acids is 1. The maximum Gasteiger partial charge on any atom is 0.573 e. The lowest BCUT2D eigenvalue weighted by Crippen LogP contribution is -2.36. The van der Waals surface area contributed by atoms with Crippen LogP contribution in [0.3, 0.4) is 0 Å². The zero-order valence-corrected chi connectivity index (χ0v) is 20.0. The van der Waals surface area contributed by atoms with E-state index in [1.165, 1.54) is 34.4 Å². The molecule has 0 radical (unpaired) electrons. The molecule has 1 aromatic carbocycles. The summed E-state index contributed by atoms with van der Waals surface area (Å²) in [6.45, 7) is 1.75. The molecule has 0 aliphatic heterocycles. The van der Waals surface area contributed by atoms with E-state index in [1.54, 1.807) is 14.0 Å². The van der Waals surface area contributed by atoms with Crippen LogP contribution in [-0.4, -0.2) is 26.4 Å². The molecule has 1 N–H and O–H groups in total. The van der Waals surface area contributed by atoms with Gasteiger partial charge in [0.15, 0.2) is 16.7 Å². The van der Waals surface area contributed by atoms with Crippen LogP contribution in [0.1, 0.15) is 10.4 Å². The van der Waals surface area contributed by atoms with Gasteiger partial charge in [-0.15, -0.1) is 35.8 Å². The largest absolute Gasteiger partial charge is 0.573 e. The first kappa shape index (κ1) is 24.6. The van der Waals surface area contributed by atoms with E-state index in [2.05, 4.69) is 15.0 Å². The average Bonchev–Trinajstić information content (AvgIpc) is 3.36. The molecule has 0 aliphatic rings. The van der Waals surface area contributed by atoms with E-state index >= 15 is 0 Å². The van der Waals surface area contributed by atoms with E-state index in [0.717, 1.165) is 28.0 Å². The molecule has 0 bridgehead atoms. The Morgan fingerprint density at radius 3 is 2.57 bits per heavy atom. The molecule has 0 spiro atoms. The van der Waals surface area contributed by atoms with Crippen molar-refractivity contribution in [1.29, 1.82) is 0 Å². The molecule has 35 heavy (non-hydrogen) atoms. The number of ether oxygens (including phenoxy) is 1. The Bertz CT molecular complexity index is 1580. The number of amides is 1. The topological polar surface area (TPSA) is 95.2 Å². The van der Waals surface area contributed by atoms with Gasteiger partial charge in [0.05, 0.1) is 17.5 Å². The number of nitrogens with zero attached hydrogens (tertiary/aromatic N) is 3. The maximum atomic E-state index is 14.0. The van der Waals surface area contributed by atoms with E-state index in [9.17, 15) is 31.9 Å². The molecule has 3 aromatic heterocycles. The van der Waals surface area contributed by atoms with Crippen molar-refractivity contribution in [1.82, 2.24) is 14.1 Å². The monoisotopic (exact) mass is 528 g/mol. The van der Waals surface area contributed by atoms with E-state index < -0.39 is 35.1 Å². The molecule has 0 saturated carbocycles. The second-order valence-electron chi connectivity index (χ2n) is 7.48. The predicted molar refractivity (Wildman–Crippen MR) is 124 cm³/mol. The lowest BCUT2D eigenvalue weighted by atomic mass is 10.1. The third kappa shape index (κ3) is 4.84. The number of rotatable bonds is 5. The molecule has 4 rings (SSSR count). The molecule has 8 nitrogen and oxygen atoms in total. The molecule has 0 aliphatic carbocycles. The minimum absolute atomic E-state index is 0.147. The summed E-state index contributed by atoms with van der Waals surface area (Å²) in [7, 11) is 2.91. The molecule has 0 saturated heterocycles. The molecule has 0 atom stereocenters. The van der Waals surface area contributed by atoms with E-state index in [4.69, 9.17) is 0 Å². The lowest BCUT2D eigenvalue weighted by molar-refractivity contribution is -0.275. The molecule has 0 unspecified atom stereocenters. The van der Waals surface area contributed by atoms with Crippen LogP contribution in [-0.2, 0) is 25.3 Å². The van der Waals surface area contributed by atoms with Gasteiger partial charge in [-0.25, -0.2) is 14.2 Å². The van der Waals surface area contributed by atoms with Gasteiger partial charge in [-0.2, -0.15) is 0 Å². The first-order chi connectivity index (χ1) is 16.4. The third-order valence-corrected chi connectivity index (χ3v) is 7.11. The van der Waals surface area contributed by atoms with Crippen LogP contribution in [0.15, 0.2) is 33.2 Å². The highest BCUT2D eigenvalue weighted by atomic mass is 32.1. The summed E-state index contributed by atoms with van der Waals surface area (Å²) < 4.78 is 56.9. The van der Waals surface area contributed by atoms with Gasteiger partial charge >= 0.3 is 12.1 Å². The zero-order valence-electron chi connectivity index (χ0n) is 18.3. The number of aryl methyl sites for hydroxylation is 2. The molecule has 184 valence electrons. The van der Waals surface area contributed by atoms with Crippen molar-refractivity contribution >= 4 is 43.9 Å². The van der Waals surface area contributed by atoms with Crippen molar-refractivity contribution in [3.05, 3.63) is 60.7 Å². The quantitative estimate of drug-likeness (QED) is 0.396. The van der Waals surface area contributed by atoms with Crippen LogP contribution in [0.2, 0.25) is 0 Å². The van der Waals surface area contributed by atoms with E-state index in [0.29, 0.717) is 20.7 Å². The number of hydrogen-bond acceptors (Lipinski definition) is 7. The lowest BCUT2D eigenvalue weighted by Gasteiger charge is -2.10. The third-order valence-electron chi connectivity index (χ3n) is 5.13. The molecule has 3 heterocycles. The number of nitrogens with one attached hydrogen (secondary N) is 1. The van der Waals surface area contributed by atoms with Crippen LogP contribution in [0, 0.1) is 12.7 Å². The Balaban J connectivity index is 1.54. The van der Waals surface area contributed by atoms with E-state index in [1.807, 2.05) is 0 Å². The fourth-order valence-corrected chi connectivity index (χ4v) is 5.31. The highest BCUT2D eigenvalue weighted by molar-refractivity contribution is 7.18. The Morgan fingerprint density at radius 1 is 1.20 bits per heavy atom. The number of alkyl halides is 3. The summed E-state index contributed by atoms with van der Waals surface area (Å²) in [5.41, 5.74) is -0.0317. The van der Waals surface area contributed by atoms with Crippen LogP contribution < -0.4 is 21.3 Å². The smallest absolute Gasteiger partial charge is 0.403 e. The molecule has 0 fully saturated rings. The van der Waals surface area contributed by atoms with Crippen molar-refractivity contribution in [3.8, 4) is 17.0 Å². The number of benzene rings is 1. The minimum atomic E-state index is -5.02. The Hall–Kier alpha value is -3.52. The number of halogens is 4. The van der Waals surface area contributed by atoms with Gasteiger partial charge in [0.25, 0.3) is 5.56 Å². The van der Waals surface area contributed by atoms with E-state index in [-0.39, 0.29) is 22.8 Å². The summed E-state index contributed by atoms with van der Waals surface area (Å²) in [6.07, 6.45) is -5.17. The summed E-state index contributed by atoms with van der Waals surface area (Å²) in [4.78, 5) is 42.9. The molecule has 4 aromatic rings. The summed E-state index contributed by atoms with van der Waals surface area (Å²) >= 11 is 2.28. The Labute approximate surface area is 202 Å². The number of carbonyl (C=O) groups is 1. The first-order valence-electron chi connectivity index (χ1n) is 9.84. The van der Waals surface area contributed by atoms with Crippen LogP contribution in [0.25, 0.3) is 21.5 Å². The van der Waals surface area contributed by atoms with Crippen molar-refractivity contribution in [2.24, 2.45) is 14.1 Å². The average molecular weight is 529 g/mol. The molecule has 14 heteroatoms. The zero-order chi connectivity index (χ0) is 25.7. The predicted octanol–water partition coefficient (Wildman–Crippen LogP) is 3.95. The highest BCUT2D eigenvalue weighted by Crippen LogP contribution is 2.32. The van der Waals surface area contributed by atoms with Gasteiger partial charge in [0.1, 0.15) is 4.83 Å². The molecule has 1 amide bonds. The number of thiazole rings is 1. The fourth-order valence-electron chi connectivity index (χ4n) is 3.45. The molecular formula is C21H16F4N4O4S2. The van der Waals surface area contributed by atoms with Crippen molar-refractivity contribution in [2.75, 3.05) is 5.32 Å². The van der Waals surface area contributed by atoms with Crippen LogP contribution >= 0.6 is 22.7 Å². The van der Waals surface area contributed by atoms with Gasteiger partial charge in [0.2, 0.25) is 5.91 Å². The number of aromatic nitrogens is 3. The number of hydrogen-bond donors (Lipinski definition) is 1. The summed E-state index contributed by atoms with van der Waals surface area (Å²) in [5.74, 6) is -2.65. The Kier molecular flexibility index (Phi) is 6.27. The number of anilines is 1. The molecular weight excluding hydrogens is 512 g/mol. The van der Waals surface area contributed by atoms with Gasteiger partial charge in [-0.05, 0) is 30.7 Å². The number of thiophene rings is 1. The summed E-state index contributed by atoms with van der Waals surface area (Å²) in [5, 5.41) is 4.59. The van der Waals surface area contributed by atoms with Crippen molar-refractivity contribution < 1.29 is 27.1 Å². The normalized spacial score (nSPS) is 11.7. The van der Waals surface area contributed by atoms with Crippen LogP contribution in [0.5, 0.6) is 5.75 Å². The Morgan fingerprint density at radius 2 is 1.91 bits per heavy atom. The highest BCUT2D eigenvalue weighted by Gasteiger charge is 2.32. The van der Waals surface area contributed by atoms with Crippen molar-refractivity contribution in [2.45, 2.75) is 19.7 Å². The van der Waals surface area contributed by atoms with Crippen molar-refractivity contribution in [3.63, 3.8) is 0 Å². The summed E-state index contributed by atoms with van der Waals surface area (Å²) in [6, 6.07) is 2.91. The SMILES string of the molecule is Cc1sc2c(c1CC(=O)Nc1nc(-c3ccc(OC(F)(F)F)c(F)c3)cs1)c(=O)n(C)c(=O)n2C. The fraction of sp³-hybridized carbons (Fsp3) is 0.238. The van der Waals surface area contributed by atoms with Gasteiger partial charge in [-0.1, -0.05) is 0 Å². The second kappa shape index (κ2) is 8.92. The number of fused-ring (bicyclic) bond motifs is 1. The first-order valence-corrected chi connectivity index (χ1v) is 11.5. The maximum absolute atomic E-state index is 14.0. The van der Waals surface area contributed by atoms with Crippen LogP contribution in [0.4, 0.5) is 22.7 Å². The van der Waals surface area contributed by atoms with Gasteiger partial charge < -0.3 is 10.1 Å². The second-order valence-corrected chi connectivity index (χ2v) is 9.54.